The monoisotopic (exact) mass is 381 g/mol. The van der Waals surface area contributed by atoms with Crippen LogP contribution in [0.2, 0.25) is 0 Å². The van der Waals surface area contributed by atoms with E-state index in [2.05, 4.69) is 20.1 Å². The molecule has 0 bridgehead atoms. The Morgan fingerprint density at radius 1 is 1.11 bits per heavy atom. The van der Waals surface area contributed by atoms with E-state index in [1.165, 1.54) is 6.07 Å². The minimum Gasteiger partial charge on any atom is -0.354 e. The molecule has 0 atom stereocenters. The molecule has 1 N–H and O–H groups in total. The highest BCUT2D eigenvalue weighted by atomic mass is 16.6. The van der Waals surface area contributed by atoms with Crippen LogP contribution in [0.1, 0.15) is 12.8 Å². The lowest BCUT2D eigenvalue weighted by Crippen LogP contribution is -2.50. The van der Waals surface area contributed by atoms with E-state index in [9.17, 15) is 14.9 Å². The highest BCUT2D eigenvalue weighted by Gasteiger charge is 2.26. The van der Waals surface area contributed by atoms with Gasteiger partial charge >= 0.3 is 0 Å². The number of nitrogens with zero attached hydrogens (tertiary/aromatic N) is 4. The first-order chi connectivity index (χ1) is 13.6. The summed E-state index contributed by atoms with van der Waals surface area (Å²) in [5, 5.41) is 14.4. The number of carbonyl (C=O) groups excluding carboxylic acids is 1. The summed E-state index contributed by atoms with van der Waals surface area (Å²) < 4.78 is 0. The summed E-state index contributed by atoms with van der Waals surface area (Å²) in [7, 11) is 0. The van der Waals surface area contributed by atoms with E-state index >= 15 is 0 Å². The zero-order valence-electron chi connectivity index (χ0n) is 15.6. The molecule has 1 aromatic heterocycles. The molecule has 8 heteroatoms. The van der Waals surface area contributed by atoms with Gasteiger partial charge in [0.05, 0.1) is 11.5 Å². The van der Waals surface area contributed by atoms with Gasteiger partial charge in [-0.2, -0.15) is 0 Å². The van der Waals surface area contributed by atoms with Crippen LogP contribution in [-0.2, 0) is 4.79 Å². The van der Waals surface area contributed by atoms with E-state index in [-0.39, 0.29) is 11.6 Å². The molecule has 1 saturated heterocycles. The SMILES string of the molecule is O=C(CN1CCN(c2ccc([N+](=O)[O-])c(-c3ccccc3)n2)CC1)NC1CC1. The molecular formula is C20H23N5O3. The van der Waals surface area contributed by atoms with E-state index in [1.807, 2.05) is 30.3 Å². The van der Waals surface area contributed by atoms with Gasteiger partial charge in [0, 0.05) is 43.9 Å². The zero-order valence-corrected chi connectivity index (χ0v) is 15.6. The molecule has 1 aliphatic carbocycles. The number of nitrogens with one attached hydrogen (secondary N) is 1. The normalized spacial score (nSPS) is 17.4. The minimum absolute atomic E-state index is 0.00494. The summed E-state index contributed by atoms with van der Waals surface area (Å²) in [5.41, 5.74) is 1.12. The molecule has 1 aliphatic heterocycles. The van der Waals surface area contributed by atoms with Crippen LogP contribution in [-0.4, -0.2) is 59.5 Å². The average molecular weight is 381 g/mol. The lowest BCUT2D eigenvalue weighted by atomic mass is 10.1. The molecule has 1 saturated carbocycles. The number of pyridine rings is 1. The summed E-state index contributed by atoms with van der Waals surface area (Å²) >= 11 is 0. The van der Waals surface area contributed by atoms with E-state index in [0.29, 0.717) is 18.3 Å². The van der Waals surface area contributed by atoms with Crippen molar-refractivity contribution in [1.29, 1.82) is 0 Å². The first kappa shape index (κ1) is 18.4. The van der Waals surface area contributed by atoms with Crippen molar-refractivity contribution in [2.45, 2.75) is 18.9 Å². The number of amides is 1. The lowest BCUT2D eigenvalue weighted by Gasteiger charge is -2.35. The quantitative estimate of drug-likeness (QED) is 0.608. The third-order valence-electron chi connectivity index (χ3n) is 5.11. The number of aromatic nitrogens is 1. The molecule has 146 valence electrons. The van der Waals surface area contributed by atoms with Crippen LogP contribution < -0.4 is 10.2 Å². The fourth-order valence-electron chi connectivity index (χ4n) is 3.41. The average Bonchev–Trinajstić information content (AvgIpc) is 3.52. The van der Waals surface area contributed by atoms with Gasteiger partial charge in [0.2, 0.25) is 5.91 Å². The first-order valence-corrected chi connectivity index (χ1v) is 9.57. The molecule has 0 spiro atoms. The fraction of sp³-hybridized carbons (Fsp3) is 0.400. The molecule has 4 rings (SSSR count). The summed E-state index contributed by atoms with van der Waals surface area (Å²) in [6.07, 6.45) is 2.18. The molecule has 1 amide bonds. The topological polar surface area (TPSA) is 91.6 Å². The van der Waals surface area contributed by atoms with Crippen molar-refractivity contribution in [2.75, 3.05) is 37.6 Å². The van der Waals surface area contributed by atoms with Gasteiger partial charge in [0.25, 0.3) is 5.69 Å². The van der Waals surface area contributed by atoms with Crippen molar-refractivity contribution < 1.29 is 9.72 Å². The van der Waals surface area contributed by atoms with Gasteiger partial charge in [0.15, 0.2) is 5.69 Å². The number of piperazine rings is 1. The summed E-state index contributed by atoms with van der Waals surface area (Å²) in [6.45, 7) is 3.41. The Balaban J connectivity index is 1.45. The van der Waals surface area contributed by atoms with Crippen molar-refractivity contribution >= 4 is 17.4 Å². The largest absolute Gasteiger partial charge is 0.354 e. The van der Waals surface area contributed by atoms with Crippen LogP contribution in [0.5, 0.6) is 0 Å². The summed E-state index contributed by atoms with van der Waals surface area (Å²) in [5.74, 6) is 0.822. The molecule has 0 radical (unpaired) electrons. The van der Waals surface area contributed by atoms with Crippen LogP contribution in [0.3, 0.4) is 0 Å². The second-order valence-electron chi connectivity index (χ2n) is 7.27. The van der Waals surface area contributed by atoms with E-state index < -0.39 is 4.92 Å². The maximum atomic E-state index is 12.0. The number of carbonyl (C=O) groups is 1. The van der Waals surface area contributed by atoms with E-state index in [4.69, 9.17) is 0 Å². The van der Waals surface area contributed by atoms with Crippen LogP contribution in [0, 0.1) is 10.1 Å². The summed E-state index contributed by atoms with van der Waals surface area (Å²) in [4.78, 5) is 31.9. The third-order valence-corrected chi connectivity index (χ3v) is 5.11. The van der Waals surface area contributed by atoms with Crippen molar-refractivity contribution in [3.8, 4) is 11.3 Å². The van der Waals surface area contributed by atoms with Crippen LogP contribution in [0.25, 0.3) is 11.3 Å². The van der Waals surface area contributed by atoms with Gasteiger partial charge in [0.1, 0.15) is 5.82 Å². The van der Waals surface area contributed by atoms with Crippen LogP contribution >= 0.6 is 0 Å². The van der Waals surface area contributed by atoms with E-state index in [1.54, 1.807) is 6.07 Å². The fourth-order valence-corrected chi connectivity index (χ4v) is 3.41. The molecule has 8 nitrogen and oxygen atoms in total. The molecule has 28 heavy (non-hydrogen) atoms. The van der Waals surface area contributed by atoms with Gasteiger partial charge in [-0.05, 0) is 18.9 Å². The van der Waals surface area contributed by atoms with Gasteiger partial charge in [-0.3, -0.25) is 19.8 Å². The molecule has 1 aromatic carbocycles. The van der Waals surface area contributed by atoms with Crippen molar-refractivity contribution in [3.05, 3.63) is 52.6 Å². The van der Waals surface area contributed by atoms with Gasteiger partial charge in [-0.1, -0.05) is 30.3 Å². The maximum absolute atomic E-state index is 12.0. The maximum Gasteiger partial charge on any atom is 0.295 e. The molecule has 2 aromatic rings. The van der Waals surface area contributed by atoms with Crippen molar-refractivity contribution in [1.82, 2.24) is 15.2 Å². The van der Waals surface area contributed by atoms with Gasteiger partial charge in [-0.15, -0.1) is 0 Å². The zero-order chi connectivity index (χ0) is 19.5. The molecule has 2 heterocycles. The number of hydrogen-bond acceptors (Lipinski definition) is 6. The Morgan fingerprint density at radius 3 is 2.46 bits per heavy atom. The van der Waals surface area contributed by atoms with Crippen LogP contribution in [0.15, 0.2) is 42.5 Å². The van der Waals surface area contributed by atoms with Gasteiger partial charge < -0.3 is 10.2 Å². The lowest BCUT2D eigenvalue weighted by molar-refractivity contribution is -0.384. The Kier molecular flexibility index (Phi) is 5.21. The number of anilines is 1. The second kappa shape index (κ2) is 7.93. The second-order valence-corrected chi connectivity index (χ2v) is 7.27. The Morgan fingerprint density at radius 2 is 1.82 bits per heavy atom. The standard InChI is InChI=1S/C20H23N5O3/c26-19(21-16-6-7-16)14-23-10-12-24(13-11-23)18-9-8-17(25(27)28)20(22-18)15-4-2-1-3-5-15/h1-5,8-9,16H,6-7,10-14H2,(H,21,26). The smallest absolute Gasteiger partial charge is 0.295 e. The highest BCUT2D eigenvalue weighted by Crippen LogP contribution is 2.30. The van der Waals surface area contributed by atoms with Crippen LogP contribution in [0.4, 0.5) is 11.5 Å². The minimum atomic E-state index is -0.393. The highest BCUT2D eigenvalue weighted by molar-refractivity contribution is 5.78. The summed E-state index contributed by atoms with van der Waals surface area (Å²) in [6, 6.07) is 12.8. The molecule has 2 aliphatic rings. The third kappa shape index (κ3) is 4.28. The number of benzene rings is 1. The Bertz CT molecular complexity index is 861. The predicted octanol–water partition coefficient (Wildman–Crippen LogP) is 2.06. The number of hydrogen-bond donors (Lipinski definition) is 1. The Labute approximate surface area is 163 Å². The van der Waals surface area contributed by atoms with Crippen molar-refractivity contribution in [2.24, 2.45) is 0 Å². The van der Waals surface area contributed by atoms with Crippen molar-refractivity contribution in [3.63, 3.8) is 0 Å². The Hall–Kier alpha value is -3.00. The predicted molar refractivity (Wildman–Crippen MR) is 106 cm³/mol. The molecular weight excluding hydrogens is 358 g/mol. The van der Waals surface area contributed by atoms with Gasteiger partial charge in [-0.25, -0.2) is 4.98 Å². The number of nitro groups is 1. The molecule has 2 fully saturated rings. The molecule has 0 unspecified atom stereocenters. The number of rotatable bonds is 6. The first-order valence-electron chi connectivity index (χ1n) is 9.57. The van der Waals surface area contributed by atoms with E-state index in [0.717, 1.165) is 50.4 Å².